The first-order valence-corrected chi connectivity index (χ1v) is 12.9. The number of unbranched alkanes of at least 4 members (excludes halogenated alkanes) is 1. The highest BCUT2D eigenvalue weighted by atomic mass is 32.2. The minimum absolute atomic E-state index is 0.212. The molecule has 36 heavy (non-hydrogen) atoms. The van der Waals surface area contributed by atoms with Crippen LogP contribution in [0, 0.1) is 17.0 Å². The first-order valence-electron chi connectivity index (χ1n) is 11.5. The second-order valence-corrected chi connectivity index (χ2v) is 10.1. The number of carbonyl (C=O) groups is 1. The van der Waals surface area contributed by atoms with Gasteiger partial charge < -0.3 is 10.1 Å². The van der Waals surface area contributed by atoms with Crippen LogP contribution in [0.3, 0.4) is 0 Å². The average molecular weight is 512 g/mol. The van der Waals surface area contributed by atoms with Gasteiger partial charge in [-0.2, -0.15) is 0 Å². The van der Waals surface area contributed by atoms with Crippen LogP contribution in [0.2, 0.25) is 0 Å². The molecule has 0 aromatic heterocycles. The number of ether oxygens (including phenoxy) is 1. The van der Waals surface area contributed by atoms with Gasteiger partial charge in [0.05, 0.1) is 22.6 Å². The molecule has 0 fully saturated rings. The van der Waals surface area contributed by atoms with Crippen LogP contribution in [0.15, 0.2) is 71.6 Å². The molecule has 0 saturated carbocycles. The van der Waals surface area contributed by atoms with Crippen LogP contribution < -0.4 is 14.4 Å². The quantitative estimate of drug-likeness (QED) is 0.283. The number of benzene rings is 3. The van der Waals surface area contributed by atoms with Crippen molar-refractivity contribution >= 4 is 33.0 Å². The van der Waals surface area contributed by atoms with E-state index in [4.69, 9.17) is 4.74 Å². The molecule has 3 rings (SSSR count). The predicted molar refractivity (Wildman–Crippen MR) is 139 cm³/mol. The van der Waals surface area contributed by atoms with Crippen molar-refractivity contribution in [2.24, 2.45) is 0 Å². The number of carbonyl (C=O) groups excluding carboxylic acids is 1. The monoisotopic (exact) mass is 511 g/mol. The number of methoxy groups -OCH3 is 1. The molecule has 3 aromatic rings. The molecule has 1 N–H and O–H groups in total. The third kappa shape index (κ3) is 6.39. The van der Waals surface area contributed by atoms with Crippen LogP contribution in [0.25, 0.3) is 0 Å². The minimum atomic E-state index is -4.32. The molecule has 0 atom stereocenters. The number of nitrogens with zero attached hydrogens (tertiary/aromatic N) is 2. The fourth-order valence-electron chi connectivity index (χ4n) is 3.60. The fourth-order valence-corrected chi connectivity index (χ4v) is 5.05. The molecule has 0 aliphatic rings. The molecular weight excluding hydrogens is 482 g/mol. The molecule has 0 saturated heterocycles. The van der Waals surface area contributed by atoms with E-state index >= 15 is 0 Å². The van der Waals surface area contributed by atoms with Gasteiger partial charge >= 0.3 is 0 Å². The zero-order valence-corrected chi connectivity index (χ0v) is 21.2. The summed E-state index contributed by atoms with van der Waals surface area (Å²) in [7, 11) is -2.84. The lowest BCUT2D eigenvalue weighted by Gasteiger charge is -2.24. The molecule has 0 heterocycles. The topological polar surface area (TPSA) is 119 Å². The van der Waals surface area contributed by atoms with Crippen molar-refractivity contribution < 1.29 is 22.9 Å². The third-order valence-electron chi connectivity index (χ3n) is 5.67. The lowest BCUT2D eigenvalue weighted by atomic mass is 10.1. The van der Waals surface area contributed by atoms with Gasteiger partial charge in [-0.25, -0.2) is 8.42 Å². The Hall–Kier alpha value is -3.92. The number of nitro groups is 1. The number of sulfonamides is 1. The van der Waals surface area contributed by atoms with Crippen molar-refractivity contribution in [2.75, 3.05) is 23.3 Å². The molecule has 1 amide bonds. The van der Waals surface area contributed by atoms with Gasteiger partial charge in [-0.05, 0) is 67.8 Å². The molecule has 10 heteroatoms. The van der Waals surface area contributed by atoms with Gasteiger partial charge in [-0.3, -0.25) is 19.2 Å². The molecule has 0 bridgehead atoms. The molecule has 0 aliphatic carbocycles. The second kappa shape index (κ2) is 11.7. The first-order chi connectivity index (χ1) is 17.1. The van der Waals surface area contributed by atoms with Crippen molar-refractivity contribution in [1.29, 1.82) is 0 Å². The standard InChI is InChI=1S/C26H29N3O6S/c1-4-5-6-20-8-10-21(11-9-20)27-26(30)18-28(22-12-14-23(35-3)15-13-22)36(33,34)24-16-7-19(2)25(17-24)29(31)32/h7-17H,4-6,18H2,1-3H3,(H,27,30). The van der Waals surface area contributed by atoms with E-state index in [1.807, 2.05) is 12.1 Å². The largest absolute Gasteiger partial charge is 0.497 e. The second-order valence-electron chi connectivity index (χ2n) is 8.26. The summed E-state index contributed by atoms with van der Waals surface area (Å²) >= 11 is 0. The number of hydrogen-bond donors (Lipinski definition) is 1. The van der Waals surface area contributed by atoms with E-state index in [0.717, 1.165) is 35.2 Å². The zero-order chi connectivity index (χ0) is 26.3. The summed E-state index contributed by atoms with van der Waals surface area (Å²) in [6, 6.07) is 17.2. The Bertz CT molecular complexity index is 1320. The van der Waals surface area contributed by atoms with Crippen LogP contribution in [-0.2, 0) is 21.2 Å². The summed E-state index contributed by atoms with van der Waals surface area (Å²) in [4.78, 5) is 23.4. The average Bonchev–Trinajstić information content (AvgIpc) is 2.87. The van der Waals surface area contributed by atoms with Crippen LogP contribution in [0.5, 0.6) is 5.75 Å². The SMILES string of the molecule is CCCCc1ccc(NC(=O)CN(c2ccc(OC)cc2)S(=O)(=O)c2ccc(C)c([N+](=O)[O-])c2)cc1. The molecule has 3 aromatic carbocycles. The minimum Gasteiger partial charge on any atom is -0.497 e. The lowest BCUT2D eigenvalue weighted by Crippen LogP contribution is -2.38. The first kappa shape index (κ1) is 26.7. The third-order valence-corrected chi connectivity index (χ3v) is 7.44. The summed E-state index contributed by atoms with van der Waals surface area (Å²) in [5, 5.41) is 14.1. The van der Waals surface area contributed by atoms with Crippen molar-refractivity contribution in [1.82, 2.24) is 0 Å². The van der Waals surface area contributed by atoms with E-state index in [-0.39, 0.29) is 16.3 Å². The molecule has 0 radical (unpaired) electrons. The molecule has 0 unspecified atom stereocenters. The highest BCUT2D eigenvalue weighted by Crippen LogP contribution is 2.29. The van der Waals surface area contributed by atoms with Crippen LogP contribution >= 0.6 is 0 Å². The Labute approximate surface area is 210 Å². The number of rotatable bonds is 11. The van der Waals surface area contributed by atoms with Crippen molar-refractivity contribution in [2.45, 2.75) is 38.0 Å². The number of aryl methyl sites for hydroxylation is 2. The Kier molecular flexibility index (Phi) is 8.65. The highest BCUT2D eigenvalue weighted by Gasteiger charge is 2.29. The number of amides is 1. The normalized spacial score (nSPS) is 11.1. The van der Waals surface area contributed by atoms with Gasteiger partial charge in [-0.15, -0.1) is 0 Å². The fraction of sp³-hybridized carbons (Fsp3) is 0.269. The molecule has 190 valence electrons. The maximum absolute atomic E-state index is 13.6. The number of nitrogens with one attached hydrogen (secondary N) is 1. The zero-order valence-electron chi connectivity index (χ0n) is 20.4. The summed E-state index contributed by atoms with van der Waals surface area (Å²) in [5.41, 5.74) is 1.91. The van der Waals surface area contributed by atoms with Gasteiger partial charge in [0.2, 0.25) is 5.91 Å². The van der Waals surface area contributed by atoms with E-state index < -0.39 is 27.4 Å². The smallest absolute Gasteiger partial charge is 0.273 e. The Morgan fingerprint density at radius 3 is 2.31 bits per heavy atom. The van der Waals surface area contributed by atoms with Crippen LogP contribution in [0.4, 0.5) is 17.1 Å². The van der Waals surface area contributed by atoms with Crippen molar-refractivity contribution in [3.63, 3.8) is 0 Å². The van der Waals surface area contributed by atoms with E-state index in [1.165, 1.54) is 38.3 Å². The molecular formula is C26H29N3O6S. The van der Waals surface area contributed by atoms with Gasteiger partial charge in [0.15, 0.2) is 0 Å². The van der Waals surface area contributed by atoms with E-state index in [9.17, 15) is 23.3 Å². The van der Waals surface area contributed by atoms with E-state index in [0.29, 0.717) is 17.0 Å². The van der Waals surface area contributed by atoms with Gasteiger partial charge in [0, 0.05) is 17.3 Å². The number of anilines is 2. The van der Waals surface area contributed by atoms with Crippen LogP contribution in [-0.4, -0.2) is 32.9 Å². The van der Waals surface area contributed by atoms with Gasteiger partial charge in [-0.1, -0.05) is 31.5 Å². The number of hydrogen-bond acceptors (Lipinski definition) is 6. The maximum atomic E-state index is 13.6. The molecule has 9 nitrogen and oxygen atoms in total. The maximum Gasteiger partial charge on any atom is 0.273 e. The van der Waals surface area contributed by atoms with E-state index in [1.54, 1.807) is 24.3 Å². The molecule has 0 aliphatic heterocycles. The van der Waals surface area contributed by atoms with E-state index in [2.05, 4.69) is 12.2 Å². The van der Waals surface area contributed by atoms with Crippen molar-refractivity contribution in [3.8, 4) is 5.75 Å². The summed E-state index contributed by atoms with van der Waals surface area (Å²) in [6.07, 6.45) is 3.09. The number of nitro benzene ring substituents is 1. The van der Waals surface area contributed by atoms with Gasteiger partial charge in [0.25, 0.3) is 15.7 Å². The summed E-state index contributed by atoms with van der Waals surface area (Å²) in [5.74, 6) is -0.0491. The summed E-state index contributed by atoms with van der Waals surface area (Å²) < 4.78 is 33.3. The van der Waals surface area contributed by atoms with Gasteiger partial charge in [0.1, 0.15) is 12.3 Å². The summed E-state index contributed by atoms with van der Waals surface area (Å²) in [6.45, 7) is 3.11. The predicted octanol–water partition coefficient (Wildman–Crippen LogP) is 5.09. The van der Waals surface area contributed by atoms with Crippen molar-refractivity contribution in [3.05, 3.63) is 88.0 Å². The Balaban J connectivity index is 1.92. The van der Waals surface area contributed by atoms with Crippen LogP contribution in [0.1, 0.15) is 30.9 Å². The highest BCUT2D eigenvalue weighted by molar-refractivity contribution is 7.92. The lowest BCUT2D eigenvalue weighted by molar-refractivity contribution is -0.385. The molecule has 0 spiro atoms. The Morgan fingerprint density at radius 1 is 1.06 bits per heavy atom. The Morgan fingerprint density at radius 2 is 1.72 bits per heavy atom.